The molecule has 0 aromatic carbocycles. The second-order valence-electron chi connectivity index (χ2n) is 5.68. The van der Waals surface area contributed by atoms with Crippen molar-refractivity contribution in [2.75, 3.05) is 19.0 Å². The van der Waals surface area contributed by atoms with E-state index in [4.69, 9.17) is 0 Å². The van der Waals surface area contributed by atoms with Crippen LogP contribution >= 0.6 is 0 Å². The number of anilines is 1. The average Bonchev–Trinajstić information content (AvgIpc) is 2.57. The van der Waals surface area contributed by atoms with E-state index in [0.717, 1.165) is 0 Å². The number of hydrogen-bond donors (Lipinski definition) is 2. The summed E-state index contributed by atoms with van der Waals surface area (Å²) in [7, 11) is 1.71. The first-order valence-corrected chi connectivity index (χ1v) is 7.77. The normalized spacial score (nSPS) is 11.2. The maximum atomic E-state index is 12.3. The molecule has 2 rings (SSSR count). The van der Waals surface area contributed by atoms with Gasteiger partial charge in [0, 0.05) is 36.6 Å². The molecule has 0 saturated heterocycles. The van der Waals surface area contributed by atoms with Crippen LogP contribution in [0.1, 0.15) is 27.2 Å². The molecule has 0 fully saturated rings. The Morgan fingerprint density at radius 2 is 1.96 bits per heavy atom. The number of halogens is 3. The monoisotopic (exact) mass is 368 g/mol. The highest BCUT2D eigenvalue weighted by Gasteiger charge is 2.29. The Kier molecular flexibility index (Phi) is 6.01. The van der Waals surface area contributed by atoms with Crippen LogP contribution in [0.15, 0.2) is 24.4 Å². The highest BCUT2D eigenvalue weighted by Crippen LogP contribution is 2.20. The van der Waals surface area contributed by atoms with E-state index in [2.05, 4.69) is 25.3 Å². The quantitative estimate of drug-likeness (QED) is 0.820. The predicted octanol–water partition coefficient (Wildman–Crippen LogP) is 3.01. The zero-order valence-corrected chi connectivity index (χ0v) is 14.6. The molecule has 0 aliphatic rings. The van der Waals surface area contributed by atoms with Crippen molar-refractivity contribution in [1.82, 2.24) is 15.3 Å². The van der Waals surface area contributed by atoms with Crippen LogP contribution in [0.4, 0.5) is 19.0 Å². The van der Waals surface area contributed by atoms with Crippen molar-refractivity contribution in [2.45, 2.75) is 26.6 Å². The van der Waals surface area contributed by atoms with Gasteiger partial charge in [-0.1, -0.05) is 0 Å². The van der Waals surface area contributed by atoms with Gasteiger partial charge in [0.05, 0.1) is 0 Å². The van der Waals surface area contributed by atoms with Crippen LogP contribution in [-0.4, -0.2) is 35.7 Å². The zero-order valence-electron chi connectivity index (χ0n) is 14.6. The van der Waals surface area contributed by atoms with E-state index in [1.54, 1.807) is 39.1 Å². The van der Waals surface area contributed by atoms with Crippen LogP contribution in [0.5, 0.6) is 5.88 Å². The summed E-state index contributed by atoms with van der Waals surface area (Å²) in [6.07, 6.45) is -3.05. The van der Waals surface area contributed by atoms with Gasteiger partial charge in [0.15, 0.2) is 6.61 Å². The van der Waals surface area contributed by atoms with Crippen molar-refractivity contribution in [1.29, 1.82) is 0 Å². The first-order valence-electron chi connectivity index (χ1n) is 7.77. The molecule has 26 heavy (non-hydrogen) atoms. The number of carbonyl (C=O) groups is 1. The molecule has 2 aromatic rings. The highest BCUT2D eigenvalue weighted by molar-refractivity contribution is 5.94. The fourth-order valence-electron chi connectivity index (χ4n) is 2.23. The second-order valence-corrected chi connectivity index (χ2v) is 5.68. The Hall–Kier alpha value is -2.84. The van der Waals surface area contributed by atoms with Gasteiger partial charge < -0.3 is 15.4 Å². The van der Waals surface area contributed by atoms with Crippen molar-refractivity contribution in [2.24, 2.45) is 0 Å². The molecule has 6 nitrogen and oxygen atoms in total. The van der Waals surface area contributed by atoms with E-state index in [-0.39, 0.29) is 18.3 Å². The van der Waals surface area contributed by atoms with Gasteiger partial charge in [0.25, 0.3) is 5.91 Å². The topological polar surface area (TPSA) is 76.1 Å². The van der Waals surface area contributed by atoms with E-state index in [1.165, 1.54) is 6.20 Å². The summed E-state index contributed by atoms with van der Waals surface area (Å²) in [5.74, 6) is 0.210. The van der Waals surface area contributed by atoms with Crippen LogP contribution in [-0.2, 0) is 6.54 Å². The number of nitrogens with one attached hydrogen (secondary N) is 2. The minimum absolute atomic E-state index is 0.0826. The van der Waals surface area contributed by atoms with E-state index < -0.39 is 12.8 Å². The van der Waals surface area contributed by atoms with Crippen LogP contribution in [0.3, 0.4) is 0 Å². The molecule has 2 aromatic heterocycles. The van der Waals surface area contributed by atoms with Gasteiger partial charge in [-0.05, 0) is 37.6 Å². The molecule has 0 aliphatic carbocycles. The molecular weight excluding hydrogens is 349 g/mol. The van der Waals surface area contributed by atoms with E-state index >= 15 is 0 Å². The van der Waals surface area contributed by atoms with Gasteiger partial charge in [-0.15, -0.1) is 0 Å². The fourth-order valence-corrected chi connectivity index (χ4v) is 2.23. The summed E-state index contributed by atoms with van der Waals surface area (Å²) in [6.45, 7) is 2.16. The first-order chi connectivity index (χ1) is 12.2. The number of amides is 1. The molecule has 0 spiro atoms. The Bertz CT molecular complexity index is 794. The molecule has 0 radical (unpaired) electrons. The third-order valence-electron chi connectivity index (χ3n) is 3.38. The summed E-state index contributed by atoms with van der Waals surface area (Å²) in [5.41, 5.74) is 2.26. The van der Waals surface area contributed by atoms with Gasteiger partial charge in [0.2, 0.25) is 5.88 Å². The van der Waals surface area contributed by atoms with Gasteiger partial charge in [0.1, 0.15) is 5.82 Å². The van der Waals surface area contributed by atoms with Crippen molar-refractivity contribution < 1.29 is 22.7 Å². The Morgan fingerprint density at radius 3 is 2.58 bits per heavy atom. The number of alkyl halides is 3. The van der Waals surface area contributed by atoms with E-state index in [9.17, 15) is 18.0 Å². The Balaban J connectivity index is 2.00. The lowest BCUT2D eigenvalue weighted by Crippen LogP contribution is -2.23. The minimum Gasteiger partial charge on any atom is -0.468 e. The number of ether oxygens (including phenoxy) is 1. The molecule has 9 heteroatoms. The lowest BCUT2D eigenvalue weighted by atomic mass is 10.2. The average molecular weight is 368 g/mol. The second kappa shape index (κ2) is 8.03. The summed E-state index contributed by atoms with van der Waals surface area (Å²) < 4.78 is 41.2. The van der Waals surface area contributed by atoms with Gasteiger partial charge in [-0.2, -0.15) is 13.2 Å². The smallest absolute Gasteiger partial charge is 0.422 e. The van der Waals surface area contributed by atoms with Gasteiger partial charge in [-0.3, -0.25) is 4.79 Å². The van der Waals surface area contributed by atoms with E-state index in [1.807, 2.05) is 0 Å². The molecule has 0 unspecified atom stereocenters. The molecule has 1 amide bonds. The largest absolute Gasteiger partial charge is 0.468 e. The minimum atomic E-state index is -4.42. The summed E-state index contributed by atoms with van der Waals surface area (Å²) in [5, 5.41) is 5.62. The molecular formula is C17H19F3N4O2. The van der Waals surface area contributed by atoms with Crippen LogP contribution in [0.25, 0.3) is 0 Å². The van der Waals surface area contributed by atoms with Crippen molar-refractivity contribution in [3.8, 4) is 5.88 Å². The standard InChI is InChI=1S/C17H19F3N4O2/c1-10-4-12(8-23-16(10)26-9-17(18,19)20)7-22-15(25)13-5-11(2)24-14(6-13)21-3/h4-6,8H,7,9H2,1-3H3,(H,21,24)(H,22,25). The van der Waals surface area contributed by atoms with Crippen LogP contribution in [0, 0.1) is 13.8 Å². The zero-order chi connectivity index (χ0) is 19.3. The maximum absolute atomic E-state index is 12.3. The van der Waals surface area contributed by atoms with Gasteiger partial charge >= 0.3 is 6.18 Å². The molecule has 140 valence electrons. The van der Waals surface area contributed by atoms with Crippen molar-refractivity contribution in [3.05, 3.63) is 46.8 Å². The third-order valence-corrected chi connectivity index (χ3v) is 3.38. The third kappa shape index (κ3) is 5.61. The van der Waals surface area contributed by atoms with Gasteiger partial charge in [-0.25, -0.2) is 9.97 Å². The lowest BCUT2D eigenvalue weighted by molar-refractivity contribution is -0.154. The summed E-state index contributed by atoms with van der Waals surface area (Å²) in [6, 6.07) is 4.91. The number of rotatable bonds is 6. The molecule has 0 saturated carbocycles. The van der Waals surface area contributed by atoms with Crippen LogP contribution in [0.2, 0.25) is 0 Å². The predicted molar refractivity (Wildman–Crippen MR) is 90.2 cm³/mol. The number of hydrogen-bond acceptors (Lipinski definition) is 5. The molecule has 0 aliphatic heterocycles. The fraction of sp³-hybridized carbons (Fsp3) is 0.353. The van der Waals surface area contributed by atoms with Crippen LogP contribution < -0.4 is 15.4 Å². The maximum Gasteiger partial charge on any atom is 0.422 e. The number of aryl methyl sites for hydroxylation is 2. The summed E-state index contributed by atoms with van der Waals surface area (Å²) in [4.78, 5) is 20.4. The molecule has 0 atom stereocenters. The lowest BCUT2D eigenvalue weighted by Gasteiger charge is -2.12. The number of carbonyl (C=O) groups excluding carboxylic acids is 1. The SMILES string of the molecule is CNc1cc(C(=O)NCc2cnc(OCC(F)(F)F)c(C)c2)cc(C)n1. The Labute approximate surface area is 148 Å². The number of nitrogens with zero attached hydrogens (tertiary/aromatic N) is 2. The summed E-state index contributed by atoms with van der Waals surface area (Å²) >= 11 is 0. The van der Waals surface area contributed by atoms with Crippen molar-refractivity contribution in [3.63, 3.8) is 0 Å². The number of aromatic nitrogens is 2. The molecule has 2 N–H and O–H groups in total. The molecule has 0 bridgehead atoms. The highest BCUT2D eigenvalue weighted by atomic mass is 19.4. The number of pyridine rings is 2. The van der Waals surface area contributed by atoms with E-state index in [0.29, 0.717) is 28.2 Å². The van der Waals surface area contributed by atoms with Crippen molar-refractivity contribution >= 4 is 11.7 Å². The Morgan fingerprint density at radius 1 is 1.23 bits per heavy atom. The first kappa shape index (κ1) is 19.5. The molecule has 2 heterocycles.